The first kappa shape index (κ1) is 19.8. The van der Waals surface area contributed by atoms with Gasteiger partial charge in [-0.2, -0.15) is 0 Å². The second kappa shape index (κ2) is 8.36. The van der Waals surface area contributed by atoms with Crippen LogP contribution in [0.5, 0.6) is 5.75 Å². The molecule has 2 aliphatic rings. The molecular formula is C18H23Cl2NO4S. The minimum absolute atomic E-state index is 0.0488. The van der Waals surface area contributed by atoms with E-state index in [0.717, 1.165) is 32.1 Å². The van der Waals surface area contributed by atoms with E-state index in [-0.39, 0.29) is 41.1 Å². The highest BCUT2D eigenvalue weighted by Crippen LogP contribution is 2.32. The van der Waals surface area contributed by atoms with Gasteiger partial charge in [0.1, 0.15) is 10.8 Å². The molecule has 0 bridgehead atoms. The zero-order chi connectivity index (χ0) is 18.7. The molecule has 144 valence electrons. The minimum Gasteiger partial charge on any atom is -0.482 e. The van der Waals surface area contributed by atoms with E-state index in [1.807, 2.05) is 0 Å². The van der Waals surface area contributed by atoms with Crippen molar-refractivity contribution in [3.05, 3.63) is 28.2 Å². The molecule has 1 atom stereocenters. The molecule has 2 fully saturated rings. The number of rotatable bonds is 5. The van der Waals surface area contributed by atoms with Gasteiger partial charge in [0.2, 0.25) is 0 Å². The number of amides is 1. The number of hydrogen-bond acceptors (Lipinski definition) is 4. The average Bonchev–Trinajstić information content (AvgIpc) is 2.97. The number of ether oxygens (including phenoxy) is 1. The molecule has 0 spiro atoms. The molecule has 26 heavy (non-hydrogen) atoms. The molecule has 5 nitrogen and oxygen atoms in total. The lowest BCUT2D eigenvalue weighted by molar-refractivity contribution is -0.138. The first-order chi connectivity index (χ1) is 12.4. The molecule has 1 aromatic rings. The summed E-state index contributed by atoms with van der Waals surface area (Å²) in [6.45, 7) is -0.174. The Labute approximate surface area is 164 Å². The quantitative estimate of drug-likeness (QED) is 0.729. The van der Waals surface area contributed by atoms with Gasteiger partial charge in [-0.25, -0.2) is 8.42 Å². The lowest BCUT2D eigenvalue weighted by Crippen LogP contribution is -2.50. The third-order valence-corrected chi connectivity index (χ3v) is 7.68. The highest BCUT2D eigenvalue weighted by Gasteiger charge is 2.38. The zero-order valence-corrected chi connectivity index (χ0v) is 16.8. The van der Waals surface area contributed by atoms with Crippen molar-refractivity contribution >= 4 is 38.9 Å². The van der Waals surface area contributed by atoms with Crippen LogP contribution in [0.1, 0.15) is 38.5 Å². The van der Waals surface area contributed by atoms with Gasteiger partial charge < -0.3 is 9.64 Å². The maximum atomic E-state index is 12.9. The van der Waals surface area contributed by atoms with Crippen molar-refractivity contribution in [2.45, 2.75) is 50.6 Å². The Morgan fingerprint density at radius 3 is 2.50 bits per heavy atom. The summed E-state index contributed by atoms with van der Waals surface area (Å²) in [6.07, 6.45) is 5.63. The number of sulfone groups is 1. The van der Waals surface area contributed by atoms with Crippen molar-refractivity contribution in [1.29, 1.82) is 0 Å². The Hall–Kier alpha value is -0.980. The molecule has 0 radical (unpaired) electrons. The fourth-order valence-electron chi connectivity index (χ4n) is 3.87. The van der Waals surface area contributed by atoms with E-state index < -0.39 is 9.84 Å². The van der Waals surface area contributed by atoms with E-state index in [9.17, 15) is 13.2 Å². The standard InChI is InChI=1S/C18H23Cl2NO4S/c19-15-7-4-8-16(18(15)20)25-11-17(22)21(13-5-2-1-3-6-13)14-9-10-26(23,24)12-14/h4,7-8,13-14H,1-3,5-6,9-12H2. The molecule has 1 aliphatic heterocycles. The number of halogens is 2. The molecule has 8 heteroatoms. The molecule has 1 saturated carbocycles. The molecule has 0 aromatic heterocycles. The number of carbonyl (C=O) groups is 1. The summed E-state index contributed by atoms with van der Waals surface area (Å²) in [5, 5.41) is 0.636. The summed E-state index contributed by atoms with van der Waals surface area (Å²) in [7, 11) is -3.07. The number of benzene rings is 1. The van der Waals surface area contributed by atoms with Crippen LogP contribution in [-0.2, 0) is 14.6 Å². The number of carbonyl (C=O) groups excluding carboxylic acids is 1. The van der Waals surface area contributed by atoms with Crippen molar-refractivity contribution < 1.29 is 17.9 Å². The Kier molecular flexibility index (Phi) is 6.36. The third kappa shape index (κ3) is 4.65. The van der Waals surface area contributed by atoms with E-state index in [1.165, 1.54) is 0 Å². The fraction of sp³-hybridized carbons (Fsp3) is 0.611. The van der Waals surface area contributed by atoms with Crippen LogP contribution >= 0.6 is 23.2 Å². The van der Waals surface area contributed by atoms with E-state index in [4.69, 9.17) is 27.9 Å². The van der Waals surface area contributed by atoms with Crippen LogP contribution in [0, 0.1) is 0 Å². The Bertz CT molecular complexity index is 762. The second-order valence-corrected chi connectivity index (χ2v) is 10.0. The molecular weight excluding hydrogens is 397 g/mol. The van der Waals surface area contributed by atoms with Gasteiger partial charge in [-0.15, -0.1) is 0 Å². The normalized spacial score (nSPS) is 22.9. The van der Waals surface area contributed by atoms with Gasteiger partial charge in [0.05, 0.1) is 16.5 Å². The van der Waals surface area contributed by atoms with Crippen LogP contribution in [-0.4, -0.2) is 49.4 Å². The van der Waals surface area contributed by atoms with Crippen LogP contribution in [0.15, 0.2) is 18.2 Å². The monoisotopic (exact) mass is 419 g/mol. The summed E-state index contributed by atoms with van der Waals surface area (Å²) in [5.41, 5.74) is 0. The molecule has 1 unspecified atom stereocenters. The van der Waals surface area contributed by atoms with Gasteiger partial charge in [0.15, 0.2) is 16.4 Å². The lowest BCUT2D eigenvalue weighted by Gasteiger charge is -2.38. The van der Waals surface area contributed by atoms with Crippen LogP contribution < -0.4 is 4.74 Å². The Morgan fingerprint density at radius 1 is 1.12 bits per heavy atom. The molecule has 1 aromatic carbocycles. The van der Waals surface area contributed by atoms with Crippen molar-refractivity contribution in [2.24, 2.45) is 0 Å². The third-order valence-electron chi connectivity index (χ3n) is 5.13. The predicted octanol–water partition coefficient (Wildman–Crippen LogP) is 3.72. The Balaban J connectivity index is 1.73. The Morgan fingerprint density at radius 2 is 1.85 bits per heavy atom. The summed E-state index contributed by atoms with van der Waals surface area (Å²) in [6, 6.07) is 4.85. The SMILES string of the molecule is O=C(COc1cccc(Cl)c1Cl)N(C1CCCCC1)C1CCS(=O)(=O)C1. The largest absolute Gasteiger partial charge is 0.482 e. The molecule has 1 aliphatic carbocycles. The van der Waals surface area contributed by atoms with E-state index in [1.54, 1.807) is 23.1 Å². The zero-order valence-electron chi connectivity index (χ0n) is 14.5. The lowest BCUT2D eigenvalue weighted by atomic mass is 9.93. The molecule has 1 amide bonds. The van der Waals surface area contributed by atoms with Crippen molar-refractivity contribution in [3.8, 4) is 5.75 Å². The van der Waals surface area contributed by atoms with Crippen LogP contribution in [0.25, 0.3) is 0 Å². The molecule has 0 N–H and O–H groups in total. The summed E-state index contributed by atoms with van der Waals surface area (Å²) in [5.74, 6) is 0.368. The second-order valence-electron chi connectivity index (χ2n) is 6.99. The maximum Gasteiger partial charge on any atom is 0.261 e. The summed E-state index contributed by atoms with van der Waals surface area (Å²) >= 11 is 12.1. The highest BCUT2D eigenvalue weighted by molar-refractivity contribution is 7.91. The minimum atomic E-state index is -3.07. The number of hydrogen-bond donors (Lipinski definition) is 0. The van der Waals surface area contributed by atoms with Gasteiger partial charge in [-0.05, 0) is 31.4 Å². The first-order valence-electron chi connectivity index (χ1n) is 8.96. The van der Waals surface area contributed by atoms with Crippen LogP contribution in [0.2, 0.25) is 10.0 Å². The van der Waals surface area contributed by atoms with Gasteiger partial charge in [-0.3, -0.25) is 4.79 Å². The molecule has 1 heterocycles. The van der Waals surface area contributed by atoms with Crippen molar-refractivity contribution in [3.63, 3.8) is 0 Å². The van der Waals surface area contributed by atoms with E-state index >= 15 is 0 Å². The fourth-order valence-corrected chi connectivity index (χ4v) is 5.93. The first-order valence-corrected chi connectivity index (χ1v) is 11.5. The number of nitrogens with zero attached hydrogens (tertiary/aromatic N) is 1. The summed E-state index contributed by atoms with van der Waals surface area (Å²) < 4.78 is 29.4. The summed E-state index contributed by atoms with van der Waals surface area (Å²) in [4.78, 5) is 14.7. The molecule has 3 rings (SSSR count). The van der Waals surface area contributed by atoms with E-state index in [2.05, 4.69) is 0 Å². The predicted molar refractivity (Wildman–Crippen MR) is 103 cm³/mol. The highest BCUT2D eigenvalue weighted by atomic mass is 35.5. The van der Waals surface area contributed by atoms with Gasteiger partial charge in [0, 0.05) is 12.1 Å². The van der Waals surface area contributed by atoms with Gasteiger partial charge in [0.25, 0.3) is 5.91 Å². The molecule has 1 saturated heterocycles. The van der Waals surface area contributed by atoms with Crippen LogP contribution in [0.4, 0.5) is 0 Å². The van der Waals surface area contributed by atoms with Gasteiger partial charge >= 0.3 is 0 Å². The van der Waals surface area contributed by atoms with Gasteiger partial charge in [-0.1, -0.05) is 48.5 Å². The van der Waals surface area contributed by atoms with Crippen LogP contribution in [0.3, 0.4) is 0 Å². The van der Waals surface area contributed by atoms with Crippen molar-refractivity contribution in [1.82, 2.24) is 4.90 Å². The average molecular weight is 420 g/mol. The van der Waals surface area contributed by atoms with Crippen molar-refractivity contribution in [2.75, 3.05) is 18.1 Å². The van der Waals surface area contributed by atoms with E-state index in [0.29, 0.717) is 17.2 Å². The smallest absolute Gasteiger partial charge is 0.261 e. The maximum absolute atomic E-state index is 12.9. The topological polar surface area (TPSA) is 63.7 Å².